The molecular weight excluding hydrogens is 424 g/mol. The quantitative estimate of drug-likeness (QED) is 0.576. The smallest absolute Gasteiger partial charge is 0.257 e. The molecule has 1 amide bonds. The highest BCUT2D eigenvalue weighted by Crippen LogP contribution is 2.25. The van der Waals surface area contributed by atoms with Gasteiger partial charge in [-0.15, -0.1) is 0 Å². The summed E-state index contributed by atoms with van der Waals surface area (Å²) >= 11 is 6.00. The van der Waals surface area contributed by atoms with Crippen LogP contribution in [0.15, 0.2) is 60.8 Å². The Balaban J connectivity index is 1.88. The third-order valence-electron chi connectivity index (χ3n) is 4.46. The van der Waals surface area contributed by atoms with Gasteiger partial charge >= 0.3 is 0 Å². The van der Waals surface area contributed by atoms with E-state index in [9.17, 15) is 13.2 Å². The van der Waals surface area contributed by atoms with Crippen LogP contribution in [-0.4, -0.2) is 55.4 Å². The fourth-order valence-corrected chi connectivity index (χ4v) is 3.54. The monoisotopic (exact) mass is 446 g/mol. The van der Waals surface area contributed by atoms with Crippen molar-refractivity contribution < 1.29 is 13.2 Å². The zero-order valence-electron chi connectivity index (χ0n) is 16.7. The lowest BCUT2D eigenvalue weighted by atomic mass is 10.1. The third-order valence-corrected chi connectivity index (χ3v) is 5.44. The zero-order valence-corrected chi connectivity index (χ0v) is 18.3. The van der Waals surface area contributed by atoms with Gasteiger partial charge in [0.05, 0.1) is 18.4 Å². The number of halogens is 1. The Morgan fingerprint density at radius 1 is 1.13 bits per heavy atom. The Morgan fingerprint density at radius 3 is 2.43 bits per heavy atom. The molecule has 3 rings (SSSR count). The highest BCUT2D eigenvalue weighted by atomic mass is 35.5. The Labute approximate surface area is 181 Å². The van der Waals surface area contributed by atoms with Crippen LogP contribution in [0.3, 0.4) is 0 Å². The Kier molecular flexibility index (Phi) is 6.91. The standard InChI is InChI=1S/C21H23ClN4O3S/c1-25(13-12-23-30(2,28)29)21(27)19-15-26(14-16-6-4-3-5-7-16)24-20(19)17-8-10-18(22)11-9-17/h3-11,15,23H,12-14H2,1-2H3. The van der Waals surface area contributed by atoms with Crippen molar-refractivity contribution in [3.05, 3.63) is 76.9 Å². The fourth-order valence-electron chi connectivity index (χ4n) is 2.96. The number of nitrogens with one attached hydrogen (secondary N) is 1. The number of aromatic nitrogens is 2. The number of carbonyl (C=O) groups excluding carboxylic acids is 1. The fraction of sp³-hybridized carbons (Fsp3) is 0.238. The largest absolute Gasteiger partial charge is 0.340 e. The molecule has 0 aliphatic carbocycles. The van der Waals surface area contributed by atoms with Gasteiger partial charge in [-0.3, -0.25) is 9.48 Å². The number of hydrogen-bond donors (Lipinski definition) is 1. The minimum atomic E-state index is -3.31. The van der Waals surface area contributed by atoms with Gasteiger partial charge in [0.25, 0.3) is 5.91 Å². The first-order valence-electron chi connectivity index (χ1n) is 9.30. The molecule has 158 valence electrons. The second-order valence-corrected chi connectivity index (χ2v) is 9.24. The van der Waals surface area contributed by atoms with Gasteiger partial charge in [-0.05, 0) is 17.7 Å². The van der Waals surface area contributed by atoms with E-state index in [1.807, 2.05) is 42.5 Å². The van der Waals surface area contributed by atoms with Crippen molar-refractivity contribution >= 4 is 27.5 Å². The number of amides is 1. The van der Waals surface area contributed by atoms with Crippen LogP contribution in [0.1, 0.15) is 15.9 Å². The summed E-state index contributed by atoms with van der Waals surface area (Å²) in [6.07, 6.45) is 2.81. The van der Waals surface area contributed by atoms with Crippen LogP contribution in [-0.2, 0) is 16.6 Å². The average Bonchev–Trinajstić information content (AvgIpc) is 3.11. The summed E-state index contributed by atoms with van der Waals surface area (Å²) in [6.45, 7) is 0.888. The van der Waals surface area contributed by atoms with Crippen molar-refractivity contribution in [2.75, 3.05) is 26.4 Å². The molecule has 0 aliphatic heterocycles. The first-order chi connectivity index (χ1) is 14.2. The van der Waals surface area contributed by atoms with Gasteiger partial charge in [-0.1, -0.05) is 54.1 Å². The molecule has 1 N–H and O–H groups in total. The molecule has 3 aromatic rings. The molecule has 2 aromatic carbocycles. The third kappa shape index (κ3) is 5.91. The molecule has 0 saturated carbocycles. The predicted octanol–water partition coefficient (Wildman–Crippen LogP) is 2.87. The van der Waals surface area contributed by atoms with Crippen LogP contribution in [0.2, 0.25) is 5.02 Å². The number of sulfonamides is 1. The van der Waals surface area contributed by atoms with Crippen LogP contribution in [0.5, 0.6) is 0 Å². The number of rotatable bonds is 8. The summed E-state index contributed by atoms with van der Waals surface area (Å²) in [5.74, 6) is -0.241. The first kappa shape index (κ1) is 22.0. The van der Waals surface area contributed by atoms with Gasteiger partial charge in [0, 0.05) is 36.9 Å². The van der Waals surface area contributed by atoms with Crippen molar-refractivity contribution in [2.24, 2.45) is 0 Å². The summed E-state index contributed by atoms with van der Waals surface area (Å²) < 4.78 is 26.6. The summed E-state index contributed by atoms with van der Waals surface area (Å²) in [7, 11) is -1.68. The lowest BCUT2D eigenvalue weighted by Gasteiger charge is -2.17. The lowest BCUT2D eigenvalue weighted by Crippen LogP contribution is -2.35. The van der Waals surface area contributed by atoms with Crippen LogP contribution in [0.25, 0.3) is 11.3 Å². The number of likely N-dealkylation sites (N-methyl/N-ethyl adjacent to an activating group) is 1. The molecule has 0 fully saturated rings. The second-order valence-electron chi connectivity index (χ2n) is 6.97. The van der Waals surface area contributed by atoms with E-state index >= 15 is 0 Å². The van der Waals surface area contributed by atoms with E-state index in [-0.39, 0.29) is 19.0 Å². The highest BCUT2D eigenvalue weighted by Gasteiger charge is 2.21. The first-order valence-corrected chi connectivity index (χ1v) is 11.6. The summed E-state index contributed by atoms with van der Waals surface area (Å²) in [5.41, 5.74) is 2.83. The Morgan fingerprint density at radius 2 is 1.80 bits per heavy atom. The maximum Gasteiger partial charge on any atom is 0.257 e. The SMILES string of the molecule is CN(CCNS(C)(=O)=O)C(=O)c1cn(Cc2ccccc2)nc1-c1ccc(Cl)cc1. The number of hydrogen-bond acceptors (Lipinski definition) is 4. The number of benzene rings is 2. The molecule has 0 atom stereocenters. The van der Waals surface area contributed by atoms with Gasteiger partial charge in [0.15, 0.2) is 0 Å². The van der Waals surface area contributed by atoms with Gasteiger partial charge in [-0.25, -0.2) is 13.1 Å². The topological polar surface area (TPSA) is 84.3 Å². The number of nitrogens with zero attached hydrogens (tertiary/aromatic N) is 3. The summed E-state index contributed by atoms with van der Waals surface area (Å²) in [4.78, 5) is 14.6. The molecule has 9 heteroatoms. The molecule has 0 radical (unpaired) electrons. The zero-order chi connectivity index (χ0) is 21.7. The van der Waals surface area contributed by atoms with E-state index in [4.69, 9.17) is 11.6 Å². The van der Waals surface area contributed by atoms with Crippen molar-refractivity contribution in [1.29, 1.82) is 0 Å². The summed E-state index contributed by atoms with van der Waals surface area (Å²) in [6, 6.07) is 17.0. The van der Waals surface area contributed by atoms with Gasteiger partial charge in [-0.2, -0.15) is 5.10 Å². The summed E-state index contributed by atoms with van der Waals surface area (Å²) in [5, 5.41) is 5.24. The van der Waals surface area contributed by atoms with Gasteiger partial charge < -0.3 is 4.90 Å². The van der Waals surface area contributed by atoms with E-state index in [1.165, 1.54) is 4.90 Å². The van der Waals surface area contributed by atoms with Crippen LogP contribution in [0.4, 0.5) is 0 Å². The van der Waals surface area contributed by atoms with Crippen molar-refractivity contribution in [2.45, 2.75) is 6.54 Å². The lowest BCUT2D eigenvalue weighted by molar-refractivity contribution is 0.0798. The van der Waals surface area contributed by atoms with E-state index < -0.39 is 10.0 Å². The van der Waals surface area contributed by atoms with E-state index in [0.717, 1.165) is 17.4 Å². The van der Waals surface area contributed by atoms with E-state index in [0.29, 0.717) is 22.8 Å². The van der Waals surface area contributed by atoms with Crippen LogP contribution < -0.4 is 4.72 Å². The van der Waals surface area contributed by atoms with Gasteiger partial charge in [0.2, 0.25) is 10.0 Å². The highest BCUT2D eigenvalue weighted by molar-refractivity contribution is 7.88. The average molecular weight is 447 g/mol. The molecule has 0 spiro atoms. The predicted molar refractivity (Wildman–Crippen MR) is 118 cm³/mol. The van der Waals surface area contributed by atoms with Crippen molar-refractivity contribution in [1.82, 2.24) is 19.4 Å². The minimum Gasteiger partial charge on any atom is -0.340 e. The van der Waals surface area contributed by atoms with Crippen LogP contribution >= 0.6 is 11.6 Å². The van der Waals surface area contributed by atoms with Crippen molar-refractivity contribution in [3.63, 3.8) is 0 Å². The second kappa shape index (κ2) is 9.42. The molecule has 0 saturated heterocycles. The molecule has 0 unspecified atom stereocenters. The molecular formula is C21H23ClN4O3S. The maximum absolute atomic E-state index is 13.1. The molecule has 30 heavy (non-hydrogen) atoms. The maximum atomic E-state index is 13.1. The molecule has 7 nitrogen and oxygen atoms in total. The van der Waals surface area contributed by atoms with Gasteiger partial charge in [0.1, 0.15) is 5.69 Å². The van der Waals surface area contributed by atoms with Crippen molar-refractivity contribution in [3.8, 4) is 11.3 Å². The molecule has 1 heterocycles. The Bertz CT molecular complexity index is 1110. The molecule has 1 aromatic heterocycles. The molecule has 0 bridgehead atoms. The minimum absolute atomic E-state index is 0.134. The van der Waals surface area contributed by atoms with Crippen LogP contribution in [0, 0.1) is 0 Å². The normalized spacial score (nSPS) is 11.4. The van der Waals surface area contributed by atoms with E-state index in [2.05, 4.69) is 9.82 Å². The molecule has 0 aliphatic rings. The number of carbonyl (C=O) groups is 1. The van der Waals surface area contributed by atoms with E-state index in [1.54, 1.807) is 30.1 Å². The Hall–Kier alpha value is -2.68.